The van der Waals surface area contributed by atoms with Gasteiger partial charge < -0.3 is 5.73 Å². The second kappa shape index (κ2) is 7.55. The first-order valence-corrected chi connectivity index (χ1v) is 7.14. The normalized spacial score (nSPS) is 13.0. The fraction of sp³-hybridized carbons (Fsp3) is 0.625. The molecule has 0 bridgehead atoms. The van der Waals surface area contributed by atoms with Crippen molar-refractivity contribution in [3.8, 4) is 0 Å². The quantitative estimate of drug-likeness (QED) is 0.801. The highest BCUT2D eigenvalue weighted by Crippen LogP contribution is 2.22. The molecular formula is C16H28N2. The Bertz CT molecular complexity index is 340. The van der Waals surface area contributed by atoms with Gasteiger partial charge in [0.15, 0.2) is 0 Å². The summed E-state index contributed by atoms with van der Waals surface area (Å²) in [6.45, 7) is 11.7. The van der Waals surface area contributed by atoms with E-state index in [9.17, 15) is 0 Å². The molecule has 102 valence electrons. The van der Waals surface area contributed by atoms with Gasteiger partial charge in [0.05, 0.1) is 0 Å². The standard InChI is InChI=1S/C16H28N2/c1-5-7-8-18(6-2)16(12-17)15-10-13(3)9-14(4)11-15/h9-11,16H,5-8,12,17H2,1-4H3. The number of rotatable bonds is 7. The molecular weight excluding hydrogens is 220 g/mol. The van der Waals surface area contributed by atoms with Crippen LogP contribution in [0.3, 0.4) is 0 Å². The molecule has 0 saturated heterocycles. The van der Waals surface area contributed by atoms with Crippen LogP contribution in [0.5, 0.6) is 0 Å². The lowest BCUT2D eigenvalue weighted by Gasteiger charge is -2.30. The van der Waals surface area contributed by atoms with Gasteiger partial charge in [0.2, 0.25) is 0 Å². The van der Waals surface area contributed by atoms with Gasteiger partial charge in [-0.2, -0.15) is 0 Å². The fourth-order valence-corrected chi connectivity index (χ4v) is 2.59. The number of aryl methyl sites for hydroxylation is 2. The van der Waals surface area contributed by atoms with E-state index in [4.69, 9.17) is 5.73 Å². The number of nitrogens with two attached hydrogens (primary N) is 1. The van der Waals surface area contributed by atoms with Gasteiger partial charge in [-0.15, -0.1) is 0 Å². The summed E-state index contributed by atoms with van der Waals surface area (Å²) in [6.07, 6.45) is 2.48. The Hall–Kier alpha value is -0.860. The van der Waals surface area contributed by atoms with Crippen molar-refractivity contribution < 1.29 is 0 Å². The molecule has 0 spiro atoms. The predicted molar refractivity (Wildman–Crippen MR) is 79.9 cm³/mol. The number of hydrogen-bond acceptors (Lipinski definition) is 2. The summed E-state index contributed by atoms with van der Waals surface area (Å²) in [5.41, 5.74) is 10.0. The average Bonchev–Trinajstić information content (AvgIpc) is 2.33. The highest BCUT2D eigenvalue weighted by atomic mass is 15.2. The molecule has 0 fully saturated rings. The van der Waals surface area contributed by atoms with Crippen molar-refractivity contribution in [1.29, 1.82) is 0 Å². The van der Waals surface area contributed by atoms with Crippen LogP contribution < -0.4 is 5.73 Å². The van der Waals surface area contributed by atoms with Crippen LogP contribution in [0.15, 0.2) is 18.2 Å². The minimum absolute atomic E-state index is 0.361. The summed E-state index contributed by atoms with van der Waals surface area (Å²) in [5, 5.41) is 0. The van der Waals surface area contributed by atoms with E-state index in [1.807, 2.05) is 0 Å². The minimum atomic E-state index is 0.361. The number of nitrogens with zero attached hydrogens (tertiary/aromatic N) is 1. The van der Waals surface area contributed by atoms with Gasteiger partial charge in [0, 0.05) is 12.6 Å². The van der Waals surface area contributed by atoms with Crippen LogP contribution in [-0.4, -0.2) is 24.5 Å². The molecule has 0 aromatic heterocycles. The van der Waals surface area contributed by atoms with Crippen molar-refractivity contribution in [1.82, 2.24) is 4.90 Å². The van der Waals surface area contributed by atoms with E-state index in [0.717, 1.165) is 13.1 Å². The molecule has 1 aromatic carbocycles. The second-order valence-corrected chi connectivity index (χ2v) is 5.15. The minimum Gasteiger partial charge on any atom is -0.329 e. The zero-order valence-electron chi connectivity index (χ0n) is 12.4. The van der Waals surface area contributed by atoms with Crippen molar-refractivity contribution >= 4 is 0 Å². The van der Waals surface area contributed by atoms with Crippen LogP contribution in [0.4, 0.5) is 0 Å². The third kappa shape index (κ3) is 4.11. The molecule has 1 aromatic rings. The molecule has 2 N–H and O–H groups in total. The molecule has 0 aliphatic heterocycles. The van der Waals surface area contributed by atoms with Gasteiger partial charge in [-0.1, -0.05) is 49.6 Å². The second-order valence-electron chi connectivity index (χ2n) is 5.15. The monoisotopic (exact) mass is 248 g/mol. The summed E-state index contributed by atoms with van der Waals surface area (Å²) >= 11 is 0. The van der Waals surface area contributed by atoms with Gasteiger partial charge in [-0.25, -0.2) is 0 Å². The molecule has 0 heterocycles. The van der Waals surface area contributed by atoms with Crippen molar-refractivity contribution in [2.45, 2.75) is 46.6 Å². The molecule has 0 aliphatic carbocycles. The van der Waals surface area contributed by atoms with E-state index in [0.29, 0.717) is 12.6 Å². The maximum Gasteiger partial charge on any atom is 0.0470 e. The Balaban J connectivity index is 2.91. The number of benzene rings is 1. The summed E-state index contributed by atoms with van der Waals surface area (Å²) in [7, 11) is 0. The van der Waals surface area contributed by atoms with Crippen LogP contribution in [0.2, 0.25) is 0 Å². The summed E-state index contributed by atoms with van der Waals surface area (Å²) < 4.78 is 0. The van der Waals surface area contributed by atoms with Gasteiger partial charge in [-0.05, 0) is 38.9 Å². The topological polar surface area (TPSA) is 29.3 Å². The van der Waals surface area contributed by atoms with Crippen LogP contribution in [0.25, 0.3) is 0 Å². The molecule has 2 nitrogen and oxygen atoms in total. The Morgan fingerprint density at radius 3 is 2.17 bits per heavy atom. The van der Waals surface area contributed by atoms with Crippen molar-refractivity contribution in [3.05, 3.63) is 34.9 Å². The van der Waals surface area contributed by atoms with Crippen LogP contribution >= 0.6 is 0 Å². The SMILES string of the molecule is CCCCN(CC)C(CN)c1cc(C)cc(C)c1. The number of unbranched alkanes of at least 4 members (excludes halogenated alkanes) is 1. The highest BCUT2D eigenvalue weighted by molar-refractivity contribution is 5.31. The van der Waals surface area contributed by atoms with Gasteiger partial charge >= 0.3 is 0 Å². The van der Waals surface area contributed by atoms with Gasteiger partial charge in [0.25, 0.3) is 0 Å². The predicted octanol–water partition coefficient (Wildman–Crippen LogP) is 3.43. The zero-order valence-corrected chi connectivity index (χ0v) is 12.4. The van der Waals surface area contributed by atoms with Crippen LogP contribution in [0.1, 0.15) is 49.4 Å². The molecule has 18 heavy (non-hydrogen) atoms. The molecule has 1 rings (SSSR count). The largest absolute Gasteiger partial charge is 0.329 e. The molecule has 0 saturated carbocycles. The molecule has 1 atom stereocenters. The van der Waals surface area contributed by atoms with Crippen molar-refractivity contribution in [2.24, 2.45) is 5.73 Å². The third-order valence-electron chi connectivity index (χ3n) is 3.50. The number of hydrogen-bond donors (Lipinski definition) is 1. The Morgan fingerprint density at radius 1 is 1.11 bits per heavy atom. The van der Waals surface area contributed by atoms with E-state index >= 15 is 0 Å². The number of likely N-dealkylation sites (N-methyl/N-ethyl adjacent to an activating group) is 1. The summed E-state index contributed by atoms with van der Waals surface area (Å²) in [6, 6.07) is 7.14. The fourth-order valence-electron chi connectivity index (χ4n) is 2.59. The average molecular weight is 248 g/mol. The summed E-state index contributed by atoms with van der Waals surface area (Å²) in [5.74, 6) is 0. The Morgan fingerprint density at radius 2 is 1.72 bits per heavy atom. The first-order valence-electron chi connectivity index (χ1n) is 7.14. The Labute approximate surface area is 112 Å². The highest BCUT2D eigenvalue weighted by Gasteiger charge is 2.17. The third-order valence-corrected chi connectivity index (χ3v) is 3.50. The van der Waals surface area contributed by atoms with E-state index in [1.165, 1.54) is 29.5 Å². The molecule has 0 radical (unpaired) electrons. The molecule has 2 heteroatoms. The summed E-state index contributed by atoms with van der Waals surface area (Å²) in [4.78, 5) is 2.50. The van der Waals surface area contributed by atoms with E-state index in [1.54, 1.807) is 0 Å². The van der Waals surface area contributed by atoms with E-state index in [2.05, 4.69) is 50.8 Å². The molecule has 1 unspecified atom stereocenters. The first-order chi connectivity index (χ1) is 8.62. The van der Waals surface area contributed by atoms with E-state index in [-0.39, 0.29) is 0 Å². The van der Waals surface area contributed by atoms with Crippen molar-refractivity contribution in [2.75, 3.05) is 19.6 Å². The first kappa shape index (κ1) is 15.2. The molecule has 0 aliphatic rings. The lowest BCUT2D eigenvalue weighted by Crippen LogP contribution is -2.34. The van der Waals surface area contributed by atoms with Gasteiger partial charge in [-0.3, -0.25) is 4.90 Å². The van der Waals surface area contributed by atoms with Crippen LogP contribution in [0, 0.1) is 13.8 Å². The smallest absolute Gasteiger partial charge is 0.0470 e. The van der Waals surface area contributed by atoms with Crippen molar-refractivity contribution in [3.63, 3.8) is 0 Å². The zero-order chi connectivity index (χ0) is 13.5. The lowest BCUT2D eigenvalue weighted by atomic mass is 10.00. The van der Waals surface area contributed by atoms with Crippen LogP contribution in [-0.2, 0) is 0 Å². The maximum atomic E-state index is 6.01. The Kier molecular flexibility index (Phi) is 6.37. The molecule has 0 amide bonds. The van der Waals surface area contributed by atoms with E-state index < -0.39 is 0 Å². The maximum absolute atomic E-state index is 6.01. The van der Waals surface area contributed by atoms with Gasteiger partial charge in [0.1, 0.15) is 0 Å². The lowest BCUT2D eigenvalue weighted by molar-refractivity contribution is 0.209.